The highest BCUT2D eigenvalue weighted by atomic mass is 16.4. The highest BCUT2D eigenvalue weighted by Gasteiger charge is 2.31. The van der Waals surface area contributed by atoms with Gasteiger partial charge in [-0.1, -0.05) is 0 Å². The molecule has 0 unspecified atom stereocenters. The fourth-order valence-corrected chi connectivity index (χ4v) is 3.10. The van der Waals surface area contributed by atoms with Crippen LogP contribution in [0.5, 0.6) is 0 Å². The van der Waals surface area contributed by atoms with Crippen molar-refractivity contribution in [2.24, 2.45) is 5.92 Å². The molecule has 2 atom stereocenters. The van der Waals surface area contributed by atoms with E-state index in [4.69, 9.17) is 5.11 Å². The summed E-state index contributed by atoms with van der Waals surface area (Å²) >= 11 is 0. The van der Waals surface area contributed by atoms with Crippen LogP contribution in [0.25, 0.3) is 0 Å². The van der Waals surface area contributed by atoms with E-state index >= 15 is 0 Å². The van der Waals surface area contributed by atoms with Gasteiger partial charge in [0.15, 0.2) is 5.78 Å². The van der Waals surface area contributed by atoms with Crippen LogP contribution in [0.4, 0.5) is 0 Å². The number of aromatic amines is 1. The summed E-state index contributed by atoms with van der Waals surface area (Å²) in [4.78, 5) is 37.7. The lowest BCUT2D eigenvalue weighted by molar-refractivity contribution is -0.141. The SMILES string of the molecule is CC(=O)c1c(C)[nH]c(C(=O)N[C@H]2CC[C@@H](C(=O)O)C2)c1C. The summed E-state index contributed by atoms with van der Waals surface area (Å²) < 4.78 is 0. The first-order valence-electron chi connectivity index (χ1n) is 7.05. The Morgan fingerprint density at radius 2 is 1.90 bits per heavy atom. The fourth-order valence-electron chi connectivity index (χ4n) is 3.10. The van der Waals surface area contributed by atoms with E-state index in [0.717, 1.165) is 0 Å². The lowest BCUT2D eigenvalue weighted by atomic mass is 10.1. The predicted octanol–water partition coefficient (Wildman–Crippen LogP) is 1.82. The Morgan fingerprint density at radius 3 is 2.38 bits per heavy atom. The number of carboxylic acid groups (broad SMARTS) is 1. The van der Waals surface area contributed by atoms with Crippen LogP contribution in [0.15, 0.2) is 0 Å². The monoisotopic (exact) mass is 292 g/mol. The van der Waals surface area contributed by atoms with Crippen molar-refractivity contribution in [2.45, 2.75) is 46.1 Å². The van der Waals surface area contributed by atoms with Gasteiger partial charge in [-0.25, -0.2) is 0 Å². The number of hydrogen-bond acceptors (Lipinski definition) is 3. The number of rotatable bonds is 4. The van der Waals surface area contributed by atoms with Gasteiger partial charge in [-0.05, 0) is 45.6 Å². The Bertz CT molecular complexity index is 603. The third-order valence-electron chi connectivity index (χ3n) is 4.13. The molecule has 0 bridgehead atoms. The molecule has 1 heterocycles. The zero-order valence-electron chi connectivity index (χ0n) is 12.4. The zero-order chi connectivity index (χ0) is 15.7. The third kappa shape index (κ3) is 2.99. The first-order valence-corrected chi connectivity index (χ1v) is 7.05. The van der Waals surface area contributed by atoms with Gasteiger partial charge >= 0.3 is 5.97 Å². The molecule has 0 aliphatic heterocycles. The maximum atomic E-state index is 12.3. The molecule has 1 aliphatic rings. The number of aliphatic carboxylic acids is 1. The molecule has 114 valence electrons. The predicted molar refractivity (Wildman–Crippen MR) is 76.5 cm³/mol. The van der Waals surface area contributed by atoms with E-state index in [1.165, 1.54) is 6.92 Å². The normalized spacial score (nSPS) is 21.3. The van der Waals surface area contributed by atoms with Crippen molar-refractivity contribution >= 4 is 17.7 Å². The molecular formula is C15H20N2O4. The average molecular weight is 292 g/mol. The average Bonchev–Trinajstić information content (AvgIpc) is 2.94. The van der Waals surface area contributed by atoms with Crippen LogP contribution in [-0.4, -0.2) is 33.8 Å². The number of carbonyl (C=O) groups excluding carboxylic acids is 2. The van der Waals surface area contributed by atoms with E-state index in [1.54, 1.807) is 13.8 Å². The van der Waals surface area contributed by atoms with Crippen molar-refractivity contribution in [1.29, 1.82) is 0 Å². The van der Waals surface area contributed by atoms with Crippen LogP contribution in [-0.2, 0) is 4.79 Å². The van der Waals surface area contributed by atoms with Gasteiger partial charge in [-0.3, -0.25) is 14.4 Å². The van der Waals surface area contributed by atoms with E-state index in [0.29, 0.717) is 41.8 Å². The second kappa shape index (κ2) is 5.71. The molecule has 1 aliphatic carbocycles. The van der Waals surface area contributed by atoms with Crippen molar-refractivity contribution in [3.8, 4) is 0 Å². The molecule has 6 heteroatoms. The maximum absolute atomic E-state index is 12.3. The lowest BCUT2D eigenvalue weighted by Crippen LogP contribution is -2.34. The molecule has 6 nitrogen and oxygen atoms in total. The molecule has 0 spiro atoms. The summed E-state index contributed by atoms with van der Waals surface area (Å²) in [6, 6.07) is -0.123. The summed E-state index contributed by atoms with van der Waals surface area (Å²) in [5, 5.41) is 11.8. The molecule has 0 saturated heterocycles. The smallest absolute Gasteiger partial charge is 0.306 e. The number of ketones is 1. The molecule has 2 rings (SSSR count). The number of aromatic nitrogens is 1. The first kappa shape index (κ1) is 15.3. The van der Waals surface area contributed by atoms with E-state index in [2.05, 4.69) is 10.3 Å². The number of aryl methyl sites for hydroxylation is 1. The fraction of sp³-hybridized carbons (Fsp3) is 0.533. The summed E-state index contributed by atoms with van der Waals surface area (Å²) in [6.45, 7) is 4.97. The Morgan fingerprint density at radius 1 is 1.24 bits per heavy atom. The van der Waals surface area contributed by atoms with Crippen LogP contribution in [0.2, 0.25) is 0 Å². The number of Topliss-reactive ketones (excluding diaryl/α,β-unsaturated/α-hetero) is 1. The zero-order valence-corrected chi connectivity index (χ0v) is 12.4. The molecule has 21 heavy (non-hydrogen) atoms. The second-order valence-corrected chi connectivity index (χ2v) is 5.70. The highest BCUT2D eigenvalue weighted by Crippen LogP contribution is 2.26. The maximum Gasteiger partial charge on any atom is 0.306 e. The van der Waals surface area contributed by atoms with Gasteiger partial charge in [0.05, 0.1) is 5.92 Å². The van der Waals surface area contributed by atoms with E-state index in [1.807, 2.05) is 0 Å². The van der Waals surface area contributed by atoms with Gasteiger partial charge in [-0.2, -0.15) is 0 Å². The lowest BCUT2D eigenvalue weighted by Gasteiger charge is -2.12. The minimum atomic E-state index is -0.808. The van der Waals surface area contributed by atoms with E-state index in [9.17, 15) is 14.4 Å². The van der Waals surface area contributed by atoms with Gasteiger partial charge < -0.3 is 15.4 Å². The second-order valence-electron chi connectivity index (χ2n) is 5.70. The van der Waals surface area contributed by atoms with Crippen molar-refractivity contribution in [2.75, 3.05) is 0 Å². The Hall–Kier alpha value is -2.11. The molecule has 1 amide bonds. The number of H-pyrrole nitrogens is 1. The van der Waals surface area contributed by atoms with Gasteiger partial charge in [0.1, 0.15) is 5.69 Å². The third-order valence-corrected chi connectivity index (χ3v) is 4.13. The molecule has 1 fully saturated rings. The van der Waals surface area contributed by atoms with Crippen LogP contribution in [0.3, 0.4) is 0 Å². The quantitative estimate of drug-likeness (QED) is 0.737. The van der Waals surface area contributed by atoms with Gasteiger partial charge in [0, 0.05) is 17.3 Å². The number of nitrogens with one attached hydrogen (secondary N) is 2. The molecule has 1 saturated carbocycles. The summed E-state index contributed by atoms with van der Waals surface area (Å²) in [6.07, 6.45) is 1.71. The van der Waals surface area contributed by atoms with Crippen LogP contribution in [0.1, 0.15) is 58.3 Å². The number of amides is 1. The van der Waals surface area contributed by atoms with E-state index < -0.39 is 5.97 Å². The Kier molecular flexibility index (Phi) is 4.16. The first-order chi connectivity index (χ1) is 9.81. The number of hydrogen-bond donors (Lipinski definition) is 3. The van der Waals surface area contributed by atoms with Crippen LogP contribution in [0, 0.1) is 19.8 Å². The van der Waals surface area contributed by atoms with Crippen molar-refractivity contribution < 1.29 is 19.5 Å². The molecule has 3 N–H and O–H groups in total. The topological polar surface area (TPSA) is 99.3 Å². The standard InChI is InChI=1S/C15H20N2O4/c1-7-12(9(3)18)8(2)16-13(7)14(19)17-11-5-4-10(6-11)15(20)21/h10-11,16H,4-6H2,1-3H3,(H,17,19)(H,20,21)/t10-,11+/m1/s1. The van der Waals surface area contributed by atoms with Crippen LogP contribution >= 0.6 is 0 Å². The van der Waals surface area contributed by atoms with Crippen molar-refractivity contribution in [1.82, 2.24) is 10.3 Å². The highest BCUT2D eigenvalue weighted by molar-refractivity contribution is 6.02. The summed E-state index contributed by atoms with van der Waals surface area (Å²) in [5.74, 6) is -1.54. The minimum Gasteiger partial charge on any atom is -0.481 e. The minimum absolute atomic E-state index is 0.0768. The van der Waals surface area contributed by atoms with Gasteiger partial charge in [0.2, 0.25) is 0 Å². The summed E-state index contributed by atoms with van der Waals surface area (Å²) in [7, 11) is 0. The largest absolute Gasteiger partial charge is 0.481 e. The van der Waals surface area contributed by atoms with Crippen molar-refractivity contribution in [3.05, 3.63) is 22.5 Å². The van der Waals surface area contributed by atoms with Crippen LogP contribution < -0.4 is 5.32 Å². The number of carbonyl (C=O) groups is 3. The van der Waals surface area contributed by atoms with Crippen molar-refractivity contribution in [3.63, 3.8) is 0 Å². The molecule has 1 aromatic heterocycles. The molecule has 1 aromatic rings. The van der Waals surface area contributed by atoms with E-state index in [-0.39, 0.29) is 23.7 Å². The van der Waals surface area contributed by atoms with Gasteiger partial charge in [-0.15, -0.1) is 0 Å². The number of carboxylic acids is 1. The molecule has 0 radical (unpaired) electrons. The molecule has 0 aromatic carbocycles. The molecular weight excluding hydrogens is 272 g/mol. The summed E-state index contributed by atoms with van der Waals surface area (Å²) in [5.41, 5.74) is 2.26. The Labute approximate surface area is 122 Å². The van der Waals surface area contributed by atoms with Gasteiger partial charge in [0.25, 0.3) is 5.91 Å². The Balaban J connectivity index is 2.10.